The molecular formula is C11H19N3. The Labute approximate surface area is 85.9 Å². The largest absolute Gasteiger partial charge is 0.326 e. The lowest BCUT2D eigenvalue weighted by molar-refractivity contribution is 0.179. The van der Waals surface area contributed by atoms with Gasteiger partial charge in [0.1, 0.15) is 0 Å². The van der Waals surface area contributed by atoms with Crippen molar-refractivity contribution in [2.75, 3.05) is 6.54 Å². The number of rotatable bonds is 4. The SMILES string of the molecule is N#CCCN(C1CC1)C1CCCC1N. The third-order valence-electron chi connectivity index (χ3n) is 3.46. The van der Waals surface area contributed by atoms with Crippen LogP contribution in [0.1, 0.15) is 38.5 Å². The van der Waals surface area contributed by atoms with Gasteiger partial charge in [-0.25, -0.2) is 0 Å². The summed E-state index contributed by atoms with van der Waals surface area (Å²) in [5.74, 6) is 0. The van der Waals surface area contributed by atoms with Gasteiger partial charge >= 0.3 is 0 Å². The molecular weight excluding hydrogens is 174 g/mol. The Bertz CT molecular complexity index is 229. The lowest BCUT2D eigenvalue weighted by Crippen LogP contribution is -2.45. The smallest absolute Gasteiger partial charge is 0.0635 e. The molecule has 0 aromatic carbocycles. The van der Waals surface area contributed by atoms with E-state index in [0.717, 1.165) is 12.6 Å². The monoisotopic (exact) mass is 193 g/mol. The molecule has 2 rings (SSSR count). The maximum Gasteiger partial charge on any atom is 0.0635 e. The standard InChI is InChI=1S/C11H19N3/c12-7-2-8-14(9-5-6-9)11-4-1-3-10(11)13/h9-11H,1-6,8,13H2. The van der Waals surface area contributed by atoms with Crippen LogP contribution >= 0.6 is 0 Å². The number of nitriles is 1. The van der Waals surface area contributed by atoms with Crippen LogP contribution in [-0.2, 0) is 0 Å². The van der Waals surface area contributed by atoms with Gasteiger partial charge < -0.3 is 5.73 Å². The molecule has 2 aliphatic rings. The van der Waals surface area contributed by atoms with Gasteiger partial charge in [0, 0.05) is 31.1 Å². The van der Waals surface area contributed by atoms with E-state index in [1.54, 1.807) is 0 Å². The summed E-state index contributed by atoms with van der Waals surface area (Å²) in [4.78, 5) is 2.50. The maximum atomic E-state index is 8.62. The van der Waals surface area contributed by atoms with Gasteiger partial charge in [-0.2, -0.15) is 5.26 Å². The molecule has 2 saturated carbocycles. The van der Waals surface area contributed by atoms with E-state index < -0.39 is 0 Å². The summed E-state index contributed by atoms with van der Waals surface area (Å²) >= 11 is 0. The first-order valence-electron chi connectivity index (χ1n) is 5.71. The summed E-state index contributed by atoms with van der Waals surface area (Å²) in [6.07, 6.45) is 6.95. The summed E-state index contributed by atoms with van der Waals surface area (Å²) in [5, 5.41) is 8.62. The molecule has 3 heteroatoms. The van der Waals surface area contributed by atoms with Gasteiger partial charge in [0.25, 0.3) is 0 Å². The first-order chi connectivity index (χ1) is 6.83. The lowest BCUT2D eigenvalue weighted by Gasteiger charge is -2.30. The summed E-state index contributed by atoms with van der Waals surface area (Å²) in [7, 11) is 0. The second-order valence-electron chi connectivity index (χ2n) is 4.54. The van der Waals surface area contributed by atoms with Crippen molar-refractivity contribution >= 4 is 0 Å². The van der Waals surface area contributed by atoms with Crippen LogP contribution in [0.15, 0.2) is 0 Å². The number of hydrogen-bond acceptors (Lipinski definition) is 3. The molecule has 0 radical (unpaired) electrons. The van der Waals surface area contributed by atoms with E-state index in [4.69, 9.17) is 11.0 Å². The average Bonchev–Trinajstić information content (AvgIpc) is 2.92. The minimum absolute atomic E-state index is 0.356. The topological polar surface area (TPSA) is 53.0 Å². The Morgan fingerprint density at radius 1 is 1.29 bits per heavy atom. The quantitative estimate of drug-likeness (QED) is 0.731. The van der Waals surface area contributed by atoms with E-state index in [-0.39, 0.29) is 0 Å². The molecule has 0 aromatic heterocycles. The van der Waals surface area contributed by atoms with Gasteiger partial charge in [-0.05, 0) is 25.7 Å². The fourth-order valence-corrected chi connectivity index (χ4v) is 2.59. The normalized spacial score (nSPS) is 32.1. The predicted octanol–water partition coefficient (Wildman–Crippen LogP) is 1.24. The molecule has 2 N–H and O–H groups in total. The maximum absolute atomic E-state index is 8.62. The Morgan fingerprint density at radius 2 is 2.07 bits per heavy atom. The highest BCUT2D eigenvalue weighted by atomic mass is 15.2. The van der Waals surface area contributed by atoms with Crippen LogP contribution in [0.2, 0.25) is 0 Å². The molecule has 14 heavy (non-hydrogen) atoms. The lowest BCUT2D eigenvalue weighted by atomic mass is 10.1. The second-order valence-corrected chi connectivity index (χ2v) is 4.54. The van der Waals surface area contributed by atoms with Crippen LogP contribution in [0, 0.1) is 11.3 Å². The Morgan fingerprint density at radius 3 is 2.57 bits per heavy atom. The van der Waals surface area contributed by atoms with E-state index in [1.807, 2.05) is 0 Å². The van der Waals surface area contributed by atoms with Gasteiger partial charge in [0.05, 0.1) is 6.07 Å². The van der Waals surface area contributed by atoms with Gasteiger partial charge in [-0.15, -0.1) is 0 Å². The molecule has 0 saturated heterocycles. The molecule has 2 fully saturated rings. The van der Waals surface area contributed by atoms with Gasteiger partial charge in [0.15, 0.2) is 0 Å². The zero-order valence-electron chi connectivity index (χ0n) is 8.65. The summed E-state index contributed by atoms with van der Waals surface area (Å²) < 4.78 is 0. The highest BCUT2D eigenvalue weighted by Gasteiger charge is 2.37. The van der Waals surface area contributed by atoms with Crippen LogP contribution < -0.4 is 5.73 Å². The highest BCUT2D eigenvalue weighted by molar-refractivity contribution is 4.96. The Kier molecular flexibility index (Phi) is 3.05. The highest BCUT2D eigenvalue weighted by Crippen LogP contribution is 2.33. The minimum atomic E-state index is 0.356. The van der Waals surface area contributed by atoms with Crippen LogP contribution in [0.25, 0.3) is 0 Å². The van der Waals surface area contributed by atoms with Crippen LogP contribution in [-0.4, -0.2) is 29.6 Å². The third-order valence-corrected chi connectivity index (χ3v) is 3.46. The second kappa shape index (κ2) is 4.29. The summed E-state index contributed by atoms with van der Waals surface area (Å²) in [6.45, 7) is 0.930. The molecule has 0 bridgehead atoms. The third kappa shape index (κ3) is 2.08. The van der Waals surface area contributed by atoms with E-state index in [2.05, 4.69) is 11.0 Å². The van der Waals surface area contributed by atoms with Crippen LogP contribution in [0.5, 0.6) is 0 Å². The fourth-order valence-electron chi connectivity index (χ4n) is 2.59. The van der Waals surface area contributed by atoms with Crippen molar-refractivity contribution in [2.45, 2.75) is 56.7 Å². The van der Waals surface area contributed by atoms with Crippen LogP contribution in [0.4, 0.5) is 0 Å². The van der Waals surface area contributed by atoms with E-state index in [1.165, 1.54) is 32.1 Å². The molecule has 3 nitrogen and oxygen atoms in total. The molecule has 0 amide bonds. The molecule has 2 atom stereocenters. The average molecular weight is 193 g/mol. The van der Waals surface area contributed by atoms with E-state index in [9.17, 15) is 0 Å². The van der Waals surface area contributed by atoms with Crippen molar-refractivity contribution in [3.63, 3.8) is 0 Å². The summed E-state index contributed by atoms with van der Waals surface area (Å²) in [5.41, 5.74) is 6.09. The Hall–Kier alpha value is -0.590. The molecule has 0 spiro atoms. The van der Waals surface area contributed by atoms with Crippen molar-refractivity contribution in [3.05, 3.63) is 0 Å². The predicted molar refractivity (Wildman–Crippen MR) is 55.6 cm³/mol. The van der Waals surface area contributed by atoms with Crippen molar-refractivity contribution in [1.82, 2.24) is 4.90 Å². The van der Waals surface area contributed by atoms with Crippen molar-refractivity contribution in [2.24, 2.45) is 5.73 Å². The van der Waals surface area contributed by atoms with Crippen LogP contribution in [0.3, 0.4) is 0 Å². The molecule has 0 heterocycles. The van der Waals surface area contributed by atoms with Crippen molar-refractivity contribution < 1.29 is 0 Å². The number of hydrogen-bond donors (Lipinski definition) is 1. The molecule has 2 unspecified atom stereocenters. The van der Waals surface area contributed by atoms with E-state index in [0.29, 0.717) is 18.5 Å². The Balaban J connectivity index is 1.92. The summed E-state index contributed by atoms with van der Waals surface area (Å²) in [6, 6.07) is 3.91. The zero-order chi connectivity index (χ0) is 9.97. The van der Waals surface area contributed by atoms with Crippen molar-refractivity contribution in [1.29, 1.82) is 5.26 Å². The molecule has 78 valence electrons. The van der Waals surface area contributed by atoms with E-state index >= 15 is 0 Å². The first-order valence-corrected chi connectivity index (χ1v) is 5.71. The molecule has 2 aliphatic carbocycles. The molecule has 0 aromatic rings. The van der Waals surface area contributed by atoms with Gasteiger partial charge in [-0.3, -0.25) is 4.90 Å². The zero-order valence-corrected chi connectivity index (χ0v) is 8.65. The minimum Gasteiger partial charge on any atom is -0.326 e. The number of nitrogens with zero attached hydrogens (tertiary/aromatic N) is 2. The number of nitrogens with two attached hydrogens (primary N) is 1. The van der Waals surface area contributed by atoms with Crippen molar-refractivity contribution in [3.8, 4) is 6.07 Å². The molecule has 0 aliphatic heterocycles. The first kappa shape index (κ1) is 9.95. The van der Waals surface area contributed by atoms with Gasteiger partial charge in [0.2, 0.25) is 0 Å². The fraction of sp³-hybridized carbons (Fsp3) is 0.909. The van der Waals surface area contributed by atoms with Gasteiger partial charge in [-0.1, -0.05) is 6.42 Å².